The van der Waals surface area contributed by atoms with Gasteiger partial charge >= 0.3 is 0 Å². The van der Waals surface area contributed by atoms with Crippen molar-refractivity contribution in [1.29, 1.82) is 5.26 Å². The summed E-state index contributed by atoms with van der Waals surface area (Å²) in [5.74, 6) is -0.150. The molecular formula is C15H18N2O. The summed E-state index contributed by atoms with van der Waals surface area (Å²) < 4.78 is 0. The van der Waals surface area contributed by atoms with Gasteiger partial charge in [-0.1, -0.05) is 6.07 Å². The molecule has 0 aliphatic heterocycles. The van der Waals surface area contributed by atoms with E-state index in [0.717, 1.165) is 17.7 Å². The molecule has 0 spiro atoms. The largest absolute Gasteiger partial charge is 0.324 e. The smallest absolute Gasteiger partial charge is 0.244 e. The highest BCUT2D eigenvalue weighted by molar-refractivity contribution is 5.98. The topological polar surface area (TPSA) is 52.9 Å². The first-order valence-electron chi connectivity index (χ1n) is 6.30. The highest BCUT2D eigenvalue weighted by Crippen LogP contribution is 2.41. The third kappa shape index (κ3) is 1.88. The molecule has 1 aromatic rings. The number of carbonyl (C=O) groups is 1. The van der Waals surface area contributed by atoms with Crippen LogP contribution < -0.4 is 5.32 Å². The average Bonchev–Trinajstić information content (AvgIpc) is 2.29. The lowest BCUT2D eigenvalue weighted by Gasteiger charge is -2.33. The van der Waals surface area contributed by atoms with Crippen molar-refractivity contribution in [3.63, 3.8) is 0 Å². The van der Waals surface area contributed by atoms with Crippen LogP contribution in [-0.4, -0.2) is 5.91 Å². The van der Waals surface area contributed by atoms with Crippen molar-refractivity contribution in [2.24, 2.45) is 5.41 Å². The Balaban J connectivity index is 2.23. The molecule has 1 N–H and O–H groups in total. The number of aryl methyl sites for hydroxylation is 1. The number of nitrogens with zero attached hydrogens (tertiary/aromatic N) is 1. The van der Waals surface area contributed by atoms with E-state index in [4.69, 9.17) is 5.26 Å². The Hall–Kier alpha value is -1.82. The molecule has 1 aliphatic rings. The maximum absolute atomic E-state index is 12.2. The van der Waals surface area contributed by atoms with Gasteiger partial charge in [0.1, 0.15) is 5.41 Å². The molecule has 0 bridgehead atoms. The second-order valence-electron chi connectivity index (χ2n) is 5.18. The number of amides is 1. The Labute approximate surface area is 108 Å². The standard InChI is InChI=1S/C15H18N2O/c1-10-5-6-13(12(3)11(10)2)17-14(18)15(9-16)7-4-8-15/h5-6H,4,7-8H2,1-3H3,(H,17,18). The van der Waals surface area contributed by atoms with Crippen LogP contribution in [0, 0.1) is 37.5 Å². The van der Waals surface area contributed by atoms with Crippen molar-refractivity contribution >= 4 is 11.6 Å². The van der Waals surface area contributed by atoms with Crippen LogP contribution in [0.5, 0.6) is 0 Å². The van der Waals surface area contributed by atoms with E-state index >= 15 is 0 Å². The summed E-state index contributed by atoms with van der Waals surface area (Å²) >= 11 is 0. The fourth-order valence-electron chi connectivity index (χ4n) is 2.25. The van der Waals surface area contributed by atoms with Crippen molar-refractivity contribution in [3.05, 3.63) is 28.8 Å². The molecule has 0 atom stereocenters. The molecule has 94 valence electrons. The first-order valence-corrected chi connectivity index (χ1v) is 6.30. The summed E-state index contributed by atoms with van der Waals surface area (Å²) in [6.45, 7) is 6.10. The molecule has 0 aromatic heterocycles. The van der Waals surface area contributed by atoms with E-state index in [0.29, 0.717) is 12.8 Å². The Kier molecular flexibility index (Phi) is 3.13. The number of anilines is 1. The minimum Gasteiger partial charge on any atom is -0.324 e. The van der Waals surface area contributed by atoms with Gasteiger partial charge in [0.2, 0.25) is 5.91 Å². The van der Waals surface area contributed by atoms with E-state index in [1.165, 1.54) is 11.1 Å². The Morgan fingerprint density at radius 1 is 1.28 bits per heavy atom. The highest BCUT2D eigenvalue weighted by atomic mass is 16.2. The van der Waals surface area contributed by atoms with E-state index in [-0.39, 0.29) is 5.91 Å². The summed E-state index contributed by atoms with van der Waals surface area (Å²) in [6, 6.07) is 6.08. The van der Waals surface area contributed by atoms with Crippen LogP contribution in [0.4, 0.5) is 5.69 Å². The molecule has 18 heavy (non-hydrogen) atoms. The summed E-state index contributed by atoms with van der Waals surface area (Å²) in [6.07, 6.45) is 2.32. The van der Waals surface area contributed by atoms with E-state index in [9.17, 15) is 4.79 Å². The number of benzene rings is 1. The maximum atomic E-state index is 12.2. The van der Waals surface area contributed by atoms with Gasteiger partial charge in [-0.25, -0.2) is 0 Å². The minimum absolute atomic E-state index is 0.150. The molecule has 0 heterocycles. The number of carbonyl (C=O) groups excluding carboxylic acids is 1. The predicted molar refractivity (Wildman–Crippen MR) is 71.2 cm³/mol. The number of hydrogen-bond donors (Lipinski definition) is 1. The van der Waals surface area contributed by atoms with Crippen molar-refractivity contribution in [1.82, 2.24) is 0 Å². The molecule has 0 radical (unpaired) electrons. The molecule has 1 aliphatic carbocycles. The van der Waals surface area contributed by atoms with Crippen LogP contribution in [0.15, 0.2) is 12.1 Å². The normalized spacial score (nSPS) is 16.6. The number of hydrogen-bond acceptors (Lipinski definition) is 2. The third-order valence-electron chi connectivity index (χ3n) is 4.16. The van der Waals surface area contributed by atoms with Gasteiger partial charge < -0.3 is 5.32 Å². The highest BCUT2D eigenvalue weighted by Gasteiger charge is 2.44. The molecule has 1 aromatic carbocycles. The van der Waals surface area contributed by atoms with Gasteiger partial charge in [0, 0.05) is 5.69 Å². The molecule has 2 rings (SSSR count). The second kappa shape index (κ2) is 4.45. The van der Waals surface area contributed by atoms with Crippen LogP contribution in [0.1, 0.15) is 36.0 Å². The molecule has 3 nitrogen and oxygen atoms in total. The molecule has 1 fully saturated rings. The molecule has 3 heteroatoms. The quantitative estimate of drug-likeness (QED) is 0.865. The van der Waals surface area contributed by atoms with Gasteiger partial charge in [0.05, 0.1) is 6.07 Å². The minimum atomic E-state index is -0.786. The van der Waals surface area contributed by atoms with Crippen LogP contribution in [-0.2, 0) is 4.79 Å². The van der Waals surface area contributed by atoms with Crippen LogP contribution in [0.25, 0.3) is 0 Å². The SMILES string of the molecule is Cc1ccc(NC(=O)C2(C#N)CCC2)c(C)c1C. The lowest BCUT2D eigenvalue weighted by atomic mass is 9.69. The summed E-state index contributed by atoms with van der Waals surface area (Å²) in [5, 5.41) is 12.1. The average molecular weight is 242 g/mol. The first kappa shape index (κ1) is 12.6. The second-order valence-corrected chi connectivity index (χ2v) is 5.18. The monoisotopic (exact) mass is 242 g/mol. The van der Waals surface area contributed by atoms with Gasteiger partial charge in [-0.15, -0.1) is 0 Å². The van der Waals surface area contributed by atoms with E-state index in [1.54, 1.807) is 0 Å². The molecule has 1 saturated carbocycles. The Bertz CT molecular complexity index is 536. The van der Waals surface area contributed by atoms with Crippen molar-refractivity contribution in [2.75, 3.05) is 5.32 Å². The first-order chi connectivity index (χ1) is 8.50. The van der Waals surface area contributed by atoms with E-state index in [2.05, 4.69) is 18.3 Å². The maximum Gasteiger partial charge on any atom is 0.244 e. The van der Waals surface area contributed by atoms with Crippen LogP contribution in [0.2, 0.25) is 0 Å². The fourth-order valence-corrected chi connectivity index (χ4v) is 2.25. The zero-order chi connectivity index (χ0) is 13.3. The Morgan fingerprint density at radius 2 is 1.94 bits per heavy atom. The summed E-state index contributed by atoms with van der Waals surface area (Å²) in [4.78, 5) is 12.2. The van der Waals surface area contributed by atoms with Gasteiger partial charge in [-0.3, -0.25) is 4.79 Å². The lowest BCUT2D eigenvalue weighted by molar-refractivity contribution is -0.126. The van der Waals surface area contributed by atoms with Crippen molar-refractivity contribution in [3.8, 4) is 6.07 Å². The Morgan fingerprint density at radius 3 is 2.44 bits per heavy atom. The van der Waals surface area contributed by atoms with Crippen molar-refractivity contribution < 1.29 is 4.79 Å². The molecule has 0 saturated heterocycles. The van der Waals surface area contributed by atoms with E-state index < -0.39 is 5.41 Å². The van der Waals surface area contributed by atoms with Crippen molar-refractivity contribution in [2.45, 2.75) is 40.0 Å². The third-order valence-corrected chi connectivity index (χ3v) is 4.16. The van der Waals surface area contributed by atoms with Gasteiger partial charge in [0.25, 0.3) is 0 Å². The lowest BCUT2D eigenvalue weighted by Crippen LogP contribution is -2.40. The molecule has 1 amide bonds. The molecule has 0 unspecified atom stereocenters. The zero-order valence-electron chi connectivity index (χ0n) is 11.1. The predicted octanol–water partition coefficient (Wildman–Crippen LogP) is 3.24. The number of rotatable bonds is 2. The summed E-state index contributed by atoms with van der Waals surface area (Å²) in [7, 11) is 0. The van der Waals surface area contributed by atoms with Crippen LogP contribution in [0.3, 0.4) is 0 Å². The summed E-state index contributed by atoms with van der Waals surface area (Å²) in [5.41, 5.74) is 3.52. The number of nitriles is 1. The van der Waals surface area contributed by atoms with E-state index in [1.807, 2.05) is 26.0 Å². The van der Waals surface area contributed by atoms with Gasteiger partial charge in [-0.05, 0) is 62.8 Å². The van der Waals surface area contributed by atoms with Gasteiger partial charge in [0.15, 0.2) is 0 Å². The van der Waals surface area contributed by atoms with Crippen LogP contribution >= 0.6 is 0 Å². The fraction of sp³-hybridized carbons (Fsp3) is 0.467. The zero-order valence-corrected chi connectivity index (χ0v) is 11.1. The van der Waals surface area contributed by atoms with Gasteiger partial charge in [-0.2, -0.15) is 5.26 Å². The number of nitrogens with one attached hydrogen (secondary N) is 1. The molecular weight excluding hydrogens is 224 g/mol.